The van der Waals surface area contributed by atoms with Crippen molar-refractivity contribution < 1.29 is 9.59 Å². The second kappa shape index (κ2) is 8.95. The summed E-state index contributed by atoms with van der Waals surface area (Å²) in [6.07, 6.45) is 0.462. The SMILES string of the molecule is CC(C)(N)CNC(=O)C1Cc2ccccc2CN1C(=O)c1ccccc1Cl.Cl. The number of hydrogen-bond donors (Lipinski definition) is 2. The molecule has 1 unspecified atom stereocenters. The highest BCUT2D eigenvalue weighted by atomic mass is 35.5. The van der Waals surface area contributed by atoms with Crippen LogP contribution in [0.3, 0.4) is 0 Å². The van der Waals surface area contributed by atoms with E-state index in [0.29, 0.717) is 30.1 Å². The normalized spacial score (nSPS) is 16.0. The van der Waals surface area contributed by atoms with Crippen LogP contribution in [0.2, 0.25) is 5.02 Å². The summed E-state index contributed by atoms with van der Waals surface area (Å²) in [6.45, 7) is 4.38. The topological polar surface area (TPSA) is 75.4 Å². The maximum Gasteiger partial charge on any atom is 0.256 e. The van der Waals surface area contributed by atoms with Gasteiger partial charge in [0.25, 0.3) is 5.91 Å². The molecular formula is C21H25Cl2N3O2. The number of fused-ring (bicyclic) bond motifs is 1. The van der Waals surface area contributed by atoms with Gasteiger partial charge >= 0.3 is 0 Å². The summed E-state index contributed by atoms with van der Waals surface area (Å²) in [5.74, 6) is -0.453. The first-order chi connectivity index (χ1) is 12.8. The van der Waals surface area contributed by atoms with Crippen LogP contribution in [-0.2, 0) is 17.8 Å². The lowest BCUT2D eigenvalue weighted by molar-refractivity contribution is -0.126. The second-order valence-corrected chi connectivity index (χ2v) is 8.02. The van der Waals surface area contributed by atoms with E-state index in [0.717, 1.165) is 11.1 Å². The maximum absolute atomic E-state index is 13.2. The molecule has 0 bridgehead atoms. The molecule has 1 aliphatic heterocycles. The lowest BCUT2D eigenvalue weighted by Crippen LogP contribution is -2.55. The van der Waals surface area contributed by atoms with Crippen LogP contribution in [0.1, 0.15) is 35.3 Å². The monoisotopic (exact) mass is 421 g/mol. The number of nitrogens with one attached hydrogen (secondary N) is 1. The van der Waals surface area contributed by atoms with Gasteiger partial charge in [0.1, 0.15) is 6.04 Å². The molecule has 1 atom stereocenters. The molecule has 0 radical (unpaired) electrons. The van der Waals surface area contributed by atoms with Crippen molar-refractivity contribution in [3.8, 4) is 0 Å². The van der Waals surface area contributed by atoms with Crippen LogP contribution in [0.25, 0.3) is 0 Å². The molecule has 150 valence electrons. The van der Waals surface area contributed by atoms with Crippen LogP contribution in [0.4, 0.5) is 0 Å². The van der Waals surface area contributed by atoms with E-state index in [1.807, 2.05) is 38.1 Å². The van der Waals surface area contributed by atoms with Gasteiger partial charge in [-0.25, -0.2) is 0 Å². The molecule has 0 fully saturated rings. The third-order valence-electron chi connectivity index (χ3n) is 4.63. The molecule has 1 heterocycles. The largest absolute Gasteiger partial charge is 0.352 e. The lowest BCUT2D eigenvalue weighted by atomic mass is 9.92. The zero-order valence-electron chi connectivity index (χ0n) is 15.9. The van der Waals surface area contributed by atoms with Gasteiger partial charge in [0, 0.05) is 25.0 Å². The highest BCUT2D eigenvalue weighted by Crippen LogP contribution is 2.27. The Labute approximate surface area is 176 Å². The first-order valence-corrected chi connectivity index (χ1v) is 9.33. The first kappa shape index (κ1) is 22.2. The van der Waals surface area contributed by atoms with E-state index in [2.05, 4.69) is 5.32 Å². The van der Waals surface area contributed by atoms with Gasteiger partial charge in [0.05, 0.1) is 10.6 Å². The van der Waals surface area contributed by atoms with Gasteiger partial charge in [0.15, 0.2) is 0 Å². The van der Waals surface area contributed by atoms with Gasteiger partial charge in [0.2, 0.25) is 5.91 Å². The van der Waals surface area contributed by atoms with E-state index < -0.39 is 11.6 Å². The van der Waals surface area contributed by atoms with Crippen LogP contribution in [-0.4, -0.2) is 34.8 Å². The molecule has 0 aromatic heterocycles. The van der Waals surface area contributed by atoms with Crippen LogP contribution in [0.15, 0.2) is 48.5 Å². The number of rotatable bonds is 4. The van der Waals surface area contributed by atoms with Crippen molar-refractivity contribution >= 4 is 35.8 Å². The summed E-state index contributed by atoms with van der Waals surface area (Å²) >= 11 is 6.22. The smallest absolute Gasteiger partial charge is 0.256 e. The predicted molar refractivity (Wildman–Crippen MR) is 114 cm³/mol. The van der Waals surface area contributed by atoms with Gasteiger partial charge in [-0.15, -0.1) is 12.4 Å². The summed E-state index contributed by atoms with van der Waals surface area (Å²) in [7, 11) is 0. The lowest BCUT2D eigenvalue weighted by Gasteiger charge is -2.36. The molecule has 3 rings (SSSR count). The Morgan fingerprint density at radius 1 is 1.14 bits per heavy atom. The Bertz CT molecular complexity index is 865. The molecule has 3 N–H and O–H groups in total. The number of amides is 2. The van der Waals surface area contributed by atoms with E-state index in [4.69, 9.17) is 17.3 Å². The van der Waals surface area contributed by atoms with E-state index in [1.54, 1.807) is 29.2 Å². The number of nitrogens with two attached hydrogens (primary N) is 1. The molecular weight excluding hydrogens is 397 g/mol. The van der Waals surface area contributed by atoms with Crippen LogP contribution < -0.4 is 11.1 Å². The molecule has 7 heteroatoms. The highest BCUT2D eigenvalue weighted by Gasteiger charge is 2.35. The fourth-order valence-corrected chi connectivity index (χ4v) is 3.41. The molecule has 0 aliphatic carbocycles. The quantitative estimate of drug-likeness (QED) is 0.795. The fourth-order valence-electron chi connectivity index (χ4n) is 3.19. The van der Waals surface area contributed by atoms with Gasteiger partial charge in [-0.2, -0.15) is 0 Å². The van der Waals surface area contributed by atoms with Crippen LogP contribution >= 0.6 is 24.0 Å². The number of nitrogens with zero attached hydrogens (tertiary/aromatic N) is 1. The Kier molecular flexibility index (Phi) is 7.10. The standard InChI is InChI=1S/C21H24ClN3O2.ClH/c1-21(2,23)13-24-19(26)18-11-14-7-3-4-8-15(14)12-25(18)20(27)16-9-5-6-10-17(16)22;/h3-10,18H,11-13,23H2,1-2H3,(H,24,26);1H. The number of benzene rings is 2. The second-order valence-electron chi connectivity index (χ2n) is 7.61. The van der Waals surface area contributed by atoms with Crippen molar-refractivity contribution in [1.82, 2.24) is 10.2 Å². The van der Waals surface area contributed by atoms with Crippen molar-refractivity contribution in [3.63, 3.8) is 0 Å². The van der Waals surface area contributed by atoms with Crippen LogP contribution in [0.5, 0.6) is 0 Å². The zero-order chi connectivity index (χ0) is 19.6. The Morgan fingerprint density at radius 3 is 2.39 bits per heavy atom. The number of hydrogen-bond acceptors (Lipinski definition) is 3. The molecule has 2 amide bonds. The third-order valence-corrected chi connectivity index (χ3v) is 4.96. The third kappa shape index (κ3) is 5.04. The minimum Gasteiger partial charge on any atom is -0.352 e. The molecule has 2 aromatic carbocycles. The van der Waals surface area contributed by atoms with Gasteiger partial charge in [-0.3, -0.25) is 9.59 Å². The maximum atomic E-state index is 13.2. The minimum absolute atomic E-state index is 0. The minimum atomic E-state index is -0.606. The summed E-state index contributed by atoms with van der Waals surface area (Å²) < 4.78 is 0. The molecule has 28 heavy (non-hydrogen) atoms. The fraction of sp³-hybridized carbons (Fsp3) is 0.333. The van der Waals surface area contributed by atoms with Gasteiger partial charge in [-0.05, 0) is 37.1 Å². The zero-order valence-corrected chi connectivity index (χ0v) is 17.5. The van der Waals surface area contributed by atoms with E-state index in [1.165, 1.54) is 0 Å². The van der Waals surface area contributed by atoms with E-state index in [-0.39, 0.29) is 24.2 Å². The number of carbonyl (C=O) groups excluding carboxylic acids is 2. The van der Waals surface area contributed by atoms with E-state index >= 15 is 0 Å². The first-order valence-electron chi connectivity index (χ1n) is 8.95. The highest BCUT2D eigenvalue weighted by molar-refractivity contribution is 6.33. The van der Waals surface area contributed by atoms with E-state index in [9.17, 15) is 9.59 Å². The average molecular weight is 422 g/mol. The summed E-state index contributed by atoms with van der Waals surface area (Å²) in [5.41, 5.74) is 7.97. The van der Waals surface area contributed by atoms with Gasteiger partial charge < -0.3 is 16.0 Å². The summed E-state index contributed by atoms with van der Waals surface area (Å²) in [4.78, 5) is 27.7. The molecule has 0 saturated heterocycles. The van der Waals surface area contributed by atoms with Crippen molar-refractivity contribution in [1.29, 1.82) is 0 Å². The Hall–Kier alpha value is -2.08. The predicted octanol–water partition coefficient (Wildman–Crippen LogP) is 3.18. The Balaban J connectivity index is 0.00000280. The Morgan fingerprint density at radius 2 is 1.75 bits per heavy atom. The van der Waals surface area contributed by atoms with Crippen LogP contribution in [0, 0.1) is 0 Å². The van der Waals surface area contributed by atoms with Crippen molar-refractivity contribution in [3.05, 3.63) is 70.2 Å². The average Bonchev–Trinajstić information content (AvgIpc) is 2.64. The number of carbonyl (C=O) groups is 2. The molecule has 0 spiro atoms. The van der Waals surface area contributed by atoms with Crippen molar-refractivity contribution in [2.24, 2.45) is 5.73 Å². The molecule has 0 saturated carbocycles. The molecule has 5 nitrogen and oxygen atoms in total. The molecule has 2 aromatic rings. The number of halogens is 2. The van der Waals surface area contributed by atoms with Gasteiger partial charge in [-0.1, -0.05) is 48.0 Å². The summed E-state index contributed by atoms with van der Waals surface area (Å²) in [6, 6.07) is 14.2. The van der Waals surface area contributed by atoms with Crippen molar-refractivity contribution in [2.75, 3.05) is 6.54 Å². The molecule has 1 aliphatic rings. The van der Waals surface area contributed by atoms with Crippen molar-refractivity contribution in [2.45, 2.75) is 38.4 Å². The summed E-state index contributed by atoms with van der Waals surface area (Å²) in [5, 5.41) is 3.26.